The van der Waals surface area contributed by atoms with Gasteiger partial charge in [0, 0.05) is 0 Å². The van der Waals surface area contributed by atoms with Gasteiger partial charge in [0.15, 0.2) is 0 Å². The molecule has 3 aromatic rings. The second-order valence-electron chi connectivity index (χ2n) is 6.74. The molecule has 3 N–H and O–H groups in total. The highest BCUT2D eigenvalue weighted by Gasteiger charge is 2.32. The molecule has 1 aliphatic heterocycles. The van der Waals surface area contributed by atoms with Crippen molar-refractivity contribution in [2.75, 3.05) is 26.2 Å². The summed E-state index contributed by atoms with van der Waals surface area (Å²) in [7, 11) is 0. The minimum atomic E-state index is -0.989. The maximum Gasteiger partial charge on any atom is 0.446 e. The number of aliphatic hydroxyl groups is 2. The van der Waals surface area contributed by atoms with E-state index in [0.717, 1.165) is 10.6 Å². The Balaban J connectivity index is 1.43. The molecule has 0 bridgehead atoms. The van der Waals surface area contributed by atoms with Crippen LogP contribution >= 0.6 is 11.6 Å². The van der Waals surface area contributed by atoms with Crippen LogP contribution in [0.25, 0.3) is 17.2 Å². The second kappa shape index (κ2) is 8.94. The predicted octanol–water partition coefficient (Wildman–Crippen LogP) is -0.206. The minimum Gasteiger partial charge on any atom is -0.472 e. The number of carbonyl (C=O) groups is 1. The topological polar surface area (TPSA) is 169 Å². The number of aliphatic hydroxyl groups excluding tert-OH is 2. The van der Waals surface area contributed by atoms with Gasteiger partial charge < -0.3 is 25.2 Å². The summed E-state index contributed by atoms with van der Waals surface area (Å²) in [6, 6.07) is 3.08. The molecule has 170 valence electrons. The lowest BCUT2D eigenvalue weighted by Gasteiger charge is -2.16. The number of rotatable bonds is 6. The Morgan fingerprint density at radius 2 is 2.03 bits per heavy atom. The highest BCUT2D eigenvalue weighted by atomic mass is 35.5. The smallest absolute Gasteiger partial charge is 0.446 e. The van der Waals surface area contributed by atoms with Crippen LogP contribution < -0.4 is 15.8 Å². The Labute approximate surface area is 182 Å². The van der Waals surface area contributed by atoms with E-state index < -0.39 is 29.8 Å². The summed E-state index contributed by atoms with van der Waals surface area (Å²) in [5, 5.41) is 32.3. The summed E-state index contributed by atoms with van der Waals surface area (Å²) < 4.78 is 29.2. The Morgan fingerprint density at radius 3 is 2.75 bits per heavy atom. The lowest BCUT2D eigenvalue weighted by atomic mass is 10.3. The molecule has 0 spiro atoms. The molecular formula is C17H16ClFN6O7. The zero-order valence-electron chi connectivity index (χ0n) is 16.1. The van der Waals surface area contributed by atoms with E-state index in [1.54, 1.807) is 0 Å². The highest BCUT2D eigenvalue weighted by Crippen LogP contribution is 2.27. The van der Waals surface area contributed by atoms with E-state index in [9.17, 15) is 24.2 Å². The third-order valence-corrected chi connectivity index (χ3v) is 4.89. The largest absolute Gasteiger partial charge is 0.472 e. The van der Waals surface area contributed by atoms with Crippen molar-refractivity contribution >= 4 is 17.6 Å². The Morgan fingerprint density at radius 1 is 1.28 bits per heavy atom. The van der Waals surface area contributed by atoms with E-state index in [1.807, 2.05) is 0 Å². The van der Waals surface area contributed by atoms with Gasteiger partial charge in [0.25, 0.3) is 5.88 Å². The minimum absolute atomic E-state index is 0.0162. The zero-order valence-corrected chi connectivity index (χ0v) is 16.9. The van der Waals surface area contributed by atoms with Gasteiger partial charge in [-0.15, -0.1) is 0 Å². The number of aromatic nitrogens is 4. The SMILES string of the molecule is O=C(NCCOc1nonc1-c1noc(=O)n1-c1ccc(F)c(Cl)c1)N1C[C@@H](O)[C@@H](O)C1. The standard InChI is InChI=1S/C17H16ClFN6O7/c18-9-5-8(1-2-10(9)19)25-14(22-31-17(25)29)13-15(23-32-21-13)30-4-3-20-16(28)24-6-11(26)12(27)7-24/h1-2,5,11-12,26-27H,3-4,6-7H2,(H,20,28)/t11-,12+. The number of ether oxygens (including phenoxy) is 1. The molecule has 32 heavy (non-hydrogen) atoms. The van der Waals surface area contributed by atoms with Crippen molar-refractivity contribution in [2.45, 2.75) is 12.2 Å². The number of likely N-dealkylation sites (tertiary alicyclic amines) is 1. The van der Waals surface area contributed by atoms with Crippen molar-refractivity contribution in [1.82, 2.24) is 30.3 Å². The molecule has 2 amide bonds. The van der Waals surface area contributed by atoms with E-state index in [0.29, 0.717) is 0 Å². The monoisotopic (exact) mass is 470 g/mol. The molecule has 0 saturated carbocycles. The number of urea groups is 1. The van der Waals surface area contributed by atoms with Crippen LogP contribution in [0.5, 0.6) is 5.88 Å². The van der Waals surface area contributed by atoms with Crippen LogP contribution in [0.2, 0.25) is 5.02 Å². The first-order valence-electron chi connectivity index (χ1n) is 9.24. The Bertz CT molecular complexity index is 1170. The number of nitrogens with zero attached hydrogens (tertiary/aromatic N) is 5. The maximum absolute atomic E-state index is 13.5. The summed E-state index contributed by atoms with van der Waals surface area (Å²) in [6.07, 6.45) is -1.98. The number of benzene rings is 1. The molecule has 1 fully saturated rings. The molecule has 3 heterocycles. The molecule has 15 heteroatoms. The molecule has 1 aromatic carbocycles. The summed E-state index contributed by atoms with van der Waals surface area (Å²) in [4.78, 5) is 25.4. The lowest BCUT2D eigenvalue weighted by Crippen LogP contribution is -2.40. The highest BCUT2D eigenvalue weighted by molar-refractivity contribution is 6.30. The summed E-state index contributed by atoms with van der Waals surface area (Å²) in [6.45, 7) is 0.0218. The molecular weight excluding hydrogens is 455 g/mol. The molecule has 1 saturated heterocycles. The van der Waals surface area contributed by atoms with E-state index in [4.69, 9.17) is 16.3 Å². The van der Waals surface area contributed by atoms with Crippen LogP contribution in [0.4, 0.5) is 9.18 Å². The molecule has 2 atom stereocenters. The Hall–Kier alpha value is -3.49. The zero-order chi connectivity index (χ0) is 22.8. The van der Waals surface area contributed by atoms with Gasteiger partial charge in [0.1, 0.15) is 12.4 Å². The van der Waals surface area contributed by atoms with E-state index in [-0.39, 0.29) is 54.3 Å². The van der Waals surface area contributed by atoms with E-state index >= 15 is 0 Å². The van der Waals surface area contributed by atoms with Crippen LogP contribution in [-0.2, 0) is 0 Å². The lowest BCUT2D eigenvalue weighted by molar-refractivity contribution is 0.0572. The van der Waals surface area contributed by atoms with Crippen LogP contribution in [-0.4, -0.2) is 79.6 Å². The maximum atomic E-state index is 13.5. The first-order chi connectivity index (χ1) is 15.3. The van der Waals surface area contributed by atoms with Crippen molar-refractivity contribution in [1.29, 1.82) is 0 Å². The van der Waals surface area contributed by atoms with Crippen LogP contribution in [0, 0.1) is 5.82 Å². The molecule has 0 unspecified atom stereocenters. The fourth-order valence-corrected chi connectivity index (χ4v) is 3.19. The molecule has 2 aromatic heterocycles. The second-order valence-corrected chi connectivity index (χ2v) is 7.15. The first kappa shape index (κ1) is 21.7. The van der Waals surface area contributed by atoms with Gasteiger partial charge in [-0.25, -0.2) is 23.2 Å². The van der Waals surface area contributed by atoms with Crippen LogP contribution in [0.15, 0.2) is 32.1 Å². The number of hydrogen-bond acceptors (Lipinski definition) is 10. The average molecular weight is 471 g/mol. The summed E-state index contributed by atoms with van der Waals surface area (Å²) in [5.74, 6) is -1.83. The van der Waals surface area contributed by atoms with Crippen molar-refractivity contribution in [3.05, 3.63) is 39.6 Å². The van der Waals surface area contributed by atoms with Crippen LogP contribution in [0.3, 0.4) is 0 Å². The fraction of sp³-hybridized carbons (Fsp3) is 0.353. The quantitative estimate of drug-likeness (QED) is 0.410. The van der Waals surface area contributed by atoms with Gasteiger partial charge in [-0.05, 0) is 28.5 Å². The van der Waals surface area contributed by atoms with Crippen molar-refractivity contribution < 1.29 is 33.3 Å². The normalized spacial score (nSPS) is 18.2. The molecule has 1 aliphatic rings. The fourth-order valence-electron chi connectivity index (χ4n) is 3.02. The van der Waals surface area contributed by atoms with Crippen molar-refractivity contribution in [2.24, 2.45) is 0 Å². The number of halogens is 2. The van der Waals surface area contributed by atoms with Gasteiger partial charge >= 0.3 is 11.8 Å². The van der Waals surface area contributed by atoms with E-state index in [1.165, 1.54) is 17.0 Å². The molecule has 4 rings (SSSR count). The Kier molecular flexibility index (Phi) is 6.07. The summed E-state index contributed by atoms with van der Waals surface area (Å²) >= 11 is 5.79. The number of β-amino-alcohol motifs (C(OH)–C–C–N with tert-alkyl or cyclic N) is 2. The number of amides is 2. The van der Waals surface area contributed by atoms with Gasteiger partial charge in [-0.1, -0.05) is 16.8 Å². The predicted molar refractivity (Wildman–Crippen MR) is 103 cm³/mol. The average Bonchev–Trinajstić information content (AvgIpc) is 3.46. The third kappa shape index (κ3) is 4.28. The third-order valence-electron chi connectivity index (χ3n) is 4.60. The number of carbonyl (C=O) groups excluding carboxylic acids is 1. The van der Waals surface area contributed by atoms with E-state index in [2.05, 4.69) is 29.9 Å². The molecule has 13 nitrogen and oxygen atoms in total. The summed E-state index contributed by atoms with van der Waals surface area (Å²) in [5.41, 5.74) is 0.0854. The van der Waals surface area contributed by atoms with Gasteiger partial charge in [-0.3, -0.25) is 4.52 Å². The van der Waals surface area contributed by atoms with Crippen molar-refractivity contribution in [3.8, 4) is 23.1 Å². The van der Waals surface area contributed by atoms with Crippen molar-refractivity contribution in [3.63, 3.8) is 0 Å². The molecule has 0 radical (unpaired) electrons. The number of hydrogen-bond donors (Lipinski definition) is 3. The first-order valence-corrected chi connectivity index (χ1v) is 9.61. The van der Waals surface area contributed by atoms with Gasteiger partial charge in [0.2, 0.25) is 11.5 Å². The van der Waals surface area contributed by atoms with Gasteiger partial charge in [-0.2, -0.15) is 0 Å². The van der Waals surface area contributed by atoms with Crippen LogP contribution in [0.1, 0.15) is 0 Å². The molecule has 0 aliphatic carbocycles. The number of nitrogens with one attached hydrogen (secondary N) is 1. The van der Waals surface area contributed by atoms with Gasteiger partial charge in [0.05, 0.1) is 42.6 Å².